The Labute approximate surface area is 176 Å². The van der Waals surface area contributed by atoms with Crippen molar-refractivity contribution >= 4 is 5.69 Å². The Bertz CT molecular complexity index is 1120. The molecule has 0 spiro atoms. The van der Waals surface area contributed by atoms with Crippen LogP contribution in [0, 0.1) is 22.7 Å². The Kier molecular flexibility index (Phi) is 5.66. The van der Waals surface area contributed by atoms with E-state index in [1.807, 2.05) is 24.3 Å². The lowest BCUT2D eigenvalue weighted by atomic mass is 9.99. The molecule has 30 heavy (non-hydrogen) atoms. The molecule has 148 valence electrons. The highest BCUT2D eigenvalue weighted by molar-refractivity contribution is 5.70. The molecule has 3 aromatic carbocycles. The van der Waals surface area contributed by atoms with Gasteiger partial charge in [-0.15, -0.1) is 0 Å². The van der Waals surface area contributed by atoms with Gasteiger partial charge in [-0.1, -0.05) is 42.5 Å². The van der Waals surface area contributed by atoms with Crippen LogP contribution >= 0.6 is 0 Å². The molecule has 0 atom stereocenters. The van der Waals surface area contributed by atoms with Gasteiger partial charge in [-0.05, 0) is 41.0 Å². The minimum atomic E-state index is 0.218. The molecule has 0 amide bonds. The van der Waals surface area contributed by atoms with Gasteiger partial charge in [0.05, 0.1) is 29.0 Å². The molecule has 5 nitrogen and oxygen atoms in total. The highest BCUT2D eigenvalue weighted by Crippen LogP contribution is 2.29. The Balaban J connectivity index is 1.39. The van der Waals surface area contributed by atoms with Crippen molar-refractivity contribution in [3.8, 4) is 29.0 Å². The lowest BCUT2D eigenvalue weighted by Crippen LogP contribution is -2.46. The number of phenolic OH excluding ortho intramolecular Hbond substituents is 1. The predicted octanol–water partition coefficient (Wildman–Crippen LogP) is 4.12. The van der Waals surface area contributed by atoms with Crippen LogP contribution in [0.1, 0.15) is 16.7 Å². The van der Waals surface area contributed by atoms with Gasteiger partial charge in [0, 0.05) is 32.7 Å². The van der Waals surface area contributed by atoms with Gasteiger partial charge in [0.25, 0.3) is 0 Å². The molecule has 1 N–H and O–H groups in total. The molecule has 0 bridgehead atoms. The van der Waals surface area contributed by atoms with Crippen molar-refractivity contribution in [2.75, 3.05) is 31.1 Å². The summed E-state index contributed by atoms with van der Waals surface area (Å²) in [4.78, 5) is 4.52. The van der Waals surface area contributed by atoms with Gasteiger partial charge in [0.15, 0.2) is 0 Å². The van der Waals surface area contributed by atoms with Gasteiger partial charge in [-0.3, -0.25) is 4.90 Å². The van der Waals surface area contributed by atoms with E-state index in [2.05, 4.69) is 46.2 Å². The van der Waals surface area contributed by atoms with E-state index in [9.17, 15) is 10.4 Å². The molecule has 3 aromatic rings. The number of phenols is 1. The molecule has 0 aliphatic carbocycles. The lowest BCUT2D eigenvalue weighted by Gasteiger charge is -2.36. The second-order valence-electron chi connectivity index (χ2n) is 7.43. The standard InChI is InChI=1S/C25H22N4O/c26-16-20-7-10-25(30)24(15-20)29-13-11-28(12-14-29)18-19-5-8-21(9-6-19)23-4-2-1-3-22(23)17-27/h1-10,15,30H,11-14,18H2. The van der Waals surface area contributed by atoms with Crippen LogP contribution in [-0.2, 0) is 6.54 Å². The fraction of sp³-hybridized carbons (Fsp3) is 0.200. The first-order valence-electron chi connectivity index (χ1n) is 9.97. The van der Waals surface area contributed by atoms with Gasteiger partial charge in [0.1, 0.15) is 5.75 Å². The first kappa shape index (κ1) is 19.5. The maximum Gasteiger partial charge on any atom is 0.138 e. The van der Waals surface area contributed by atoms with Crippen LogP contribution < -0.4 is 4.90 Å². The molecule has 0 unspecified atom stereocenters. The topological polar surface area (TPSA) is 74.3 Å². The summed E-state index contributed by atoms with van der Waals surface area (Å²) in [6.07, 6.45) is 0. The van der Waals surface area contributed by atoms with E-state index < -0.39 is 0 Å². The monoisotopic (exact) mass is 394 g/mol. The van der Waals surface area contributed by atoms with Gasteiger partial charge >= 0.3 is 0 Å². The van der Waals surface area contributed by atoms with Crippen molar-refractivity contribution in [3.05, 3.63) is 83.4 Å². The smallest absolute Gasteiger partial charge is 0.138 e. The number of hydrogen-bond acceptors (Lipinski definition) is 5. The van der Waals surface area contributed by atoms with Gasteiger partial charge < -0.3 is 10.0 Å². The van der Waals surface area contributed by atoms with E-state index in [0.29, 0.717) is 11.1 Å². The van der Waals surface area contributed by atoms with Crippen molar-refractivity contribution in [2.24, 2.45) is 0 Å². The van der Waals surface area contributed by atoms with Gasteiger partial charge in [0.2, 0.25) is 0 Å². The van der Waals surface area contributed by atoms with Crippen LogP contribution in [0.15, 0.2) is 66.7 Å². The summed E-state index contributed by atoms with van der Waals surface area (Å²) in [7, 11) is 0. The number of hydrogen-bond donors (Lipinski definition) is 1. The van der Waals surface area contributed by atoms with Crippen LogP contribution in [0.2, 0.25) is 0 Å². The Hall–Kier alpha value is -3.80. The van der Waals surface area contributed by atoms with E-state index in [4.69, 9.17) is 5.26 Å². The predicted molar refractivity (Wildman–Crippen MR) is 117 cm³/mol. The molecule has 0 radical (unpaired) electrons. The number of nitriles is 2. The highest BCUT2D eigenvalue weighted by Gasteiger charge is 2.20. The summed E-state index contributed by atoms with van der Waals surface area (Å²) >= 11 is 0. The van der Waals surface area contributed by atoms with Crippen LogP contribution in [0.4, 0.5) is 5.69 Å². The van der Waals surface area contributed by atoms with Crippen LogP contribution in [0.25, 0.3) is 11.1 Å². The second-order valence-corrected chi connectivity index (χ2v) is 7.43. The average molecular weight is 394 g/mol. The number of aromatic hydroxyl groups is 1. The number of nitrogens with zero attached hydrogens (tertiary/aromatic N) is 4. The number of rotatable bonds is 4. The minimum absolute atomic E-state index is 0.218. The Morgan fingerprint density at radius 1 is 0.833 bits per heavy atom. The van der Waals surface area contributed by atoms with Crippen molar-refractivity contribution in [1.82, 2.24) is 4.90 Å². The minimum Gasteiger partial charge on any atom is -0.506 e. The van der Waals surface area contributed by atoms with Crippen molar-refractivity contribution < 1.29 is 5.11 Å². The summed E-state index contributed by atoms with van der Waals surface area (Å²) < 4.78 is 0. The first-order chi connectivity index (χ1) is 14.7. The molecule has 1 heterocycles. The van der Waals surface area contributed by atoms with Crippen LogP contribution in [0.5, 0.6) is 5.75 Å². The number of benzene rings is 3. The van der Waals surface area contributed by atoms with E-state index in [1.165, 1.54) is 5.56 Å². The SMILES string of the molecule is N#Cc1ccc(O)c(N2CCN(Cc3ccc(-c4ccccc4C#N)cc3)CC2)c1. The summed E-state index contributed by atoms with van der Waals surface area (Å²) in [6.45, 7) is 4.23. The Morgan fingerprint density at radius 3 is 2.27 bits per heavy atom. The normalized spacial score (nSPS) is 14.1. The molecule has 1 aliphatic rings. The first-order valence-corrected chi connectivity index (χ1v) is 9.97. The molecule has 1 saturated heterocycles. The average Bonchev–Trinajstić information content (AvgIpc) is 2.80. The summed E-state index contributed by atoms with van der Waals surface area (Å²) in [5.74, 6) is 0.218. The van der Waals surface area contributed by atoms with Crippen molar-refractivity contribution in [1.29, 1.82) is 10.5 Å². The molecule has 4 rings (SSSR count). The number of piperazine rings is 1. The maximum atomic E-state index is 10.2. The van der Waals surface area contributed by atoms with E-state index in [-0.39, 0.29) is 5.75 Å². The lowest BCUT2D eigenvalue weighted by molar-refractivity contribution is 0.249. The third-order valence-electron chi connectivity index (χ3n) is 5.54. The highest BCUT2D eigenvalue weighted by atomic mass is 16.3. The van der Waals surface area contributed by atoms with Crippen molar-refractivity contribution in [2.45, 2.75) is 6.54 Å². The molecular weight excluding hydrogens is 372 g/mol. The van der Waals surface area contributed by atoms with Crippen LogP contribution in [0.3, 0.4) is 0 Å². The van der Waals surface area contributed by atoms with E-state index in [0.717, 1.165) is 49.5 Å². The number of anilines is 1. The van der Waals surface area contributed by atoms with Gasteiger partial charge in [-0.25, -0.2) is 0 Å². The van der Waals surface area contributed by atoms with Crippen LogP contribution in [-0.4, -0.2) is 36.2 Å². The fourth-order valence-corrected chi connectivity index (χ4v) is 3.87. The second kappa shape index (κ2) is 8.69. The molecule has 5 heteroatoms. The third-order valence-corrected chi connectivity index (χ3v) is 5.54. The summed E-state index contributed by atoms with van der Waals surface area (Å²) in [6, 6.07) is 25.4. The Morgan fingerprint density at radius 2 is 1.57 bits per heavy atom. The zero-order valence-electron chi connectivity index (χ0n) is 16.6. The summed E-state index contributed by atoms with van der Waals surface area (Å²) in [5, 5.41) is 28.6. The molecular formula is C25H22N4O. The zero-order chi connectivity index (χ0) is 20.9. The summed E-state index contributed by atoms with van der Waals surface area (Å²) in [5.41, 5.74) is 5.21. The molecule has 0 aromatic heterocycles. The zero-order valence-corrected chi connectivity index (χ0v) is 16.6. The third kappa shape index (κ3) is 4.12. The quantitative estimate of drug-likeness (QED) is 0.720. The molecule has 1 fully saturated rings. The molecule has 0 saturated carbocycles. The largest absolute Gasteiger partial charge is 0.506 e. The van der Waals surface area contributed by atoms with Gasteiger partial charge in [-0.2, -0.15) is 10.5 Å². The maximum absolute atomic E-state index is 10.2. The van der Waals surface area contributed by atoms with E-state index in [1.54, 1.807) is 18.2 Å². The fourth-order valence-electron chi connectivity index (χ4n) is 3.87. The van der Waals surface area contributed by atoms with E-state index >= 15 is 0 Å². The molecule has 1 aliphatic heterocycles. The van der Waals surface area contributed by atoms with Crippen molar-refractivity contribution in [3.63, 3.8) is 0 Å².